The lowest BCUT2D eigenvalue weighted by atomic mass is 10.1. The number of hydrogen-bond acceptors (Lipinski definition) is 12. The fraction of sp³-hybridized carbons (Fsp3) is 0.565. The Balaban J connectivity index is 1.17. The molecule has 14 nitrogen and oxygen atoms in total. The zero-order valence-corrected chi connectivity index (χ0v) is 22.5. The summed E-state index contributed by atoms with van der Waals surface area (Å²) in [6.45, 7) is 4.62. The van der Waals surface area contributed by atoms with Crippen LogP contribution in [0.15, 0.2) is 25.3 Å². The van der Waals surface area contributed by atoms with Crippen molar-refractivity contribution in [1.82, 2.24) is 39.0 Å². The second-order valence-corrected chi connectivity index (χ2v) is 10.9. The van der Waals surface area contributed by atoms with Crippen LogP contribution in [-0.2, 0) is 18.5 Å². The Kier molecular flexibility index (Phi) is 7.47. The lowest BCUT2D eigenvalue weighted by Crippen LogP contribution is -2.34. The van der Waals surface area contributed by atoms with Crippen molar-refractivity contribution >= 4 is 37.5 Å². The molecule has 4 aromatic rings. The van der Waals surface area contributed by atoms with E-state index in [0.717, 1.165) is 0 Å². The highest BCUT2D eigenvalue weighted by molar-refractivity contribution is 7.89. The summed E-state index contributed by atoms with van der Waals surface area (Å²) in [6.07, 6.45) is -4.63. The van der Waals surface area contributed by atoms with Gasteiger partial charge >= 0.3 is 0 Å². The van der Waals surface area contributed by atoms with Gasteiger partial charge in [-0.15, -0.1) is 0 Å². The Morgan fingerprint density at radius 1 is 0.902 bits per heavy atom. The van der Waals surface area contributed by atoms with Crippen LogP contribution in [0.3, 0.4) is 0 Å². The summed E-state index contributed by atoms with van der Waals surface area (Å²) in [4.78, 5) is 25.3. The number of nitrogens with zero attached hydrogens (tertiary/aromatic N) is 8. The molecule has 2 fully saturated rings. The van der Waals surface area contributed by atoms with Crippen LogP contribution in [0.4, 0.5) is 8.78 Å². The summed E-state index contributed by atoms with van der Waals surface area (Å²) in [5.41, 5.74) is 3.17. The monoisotopic (exact) mass is 594 g/mol. The van der Waals surface area contributed by atoms with E-state index >= 15 is 8.78 Å². The number of halogens is 2. The average Bonchev–Trinajstić information content (AvgIpc) is 3.70. The fourth-order valence-electron chi connectivity index (χ4n) is 4.93. The fourth-order valence-corrected chi connectivity index (χ4v) is 5.92. The summed E-state index contributed by atoms with van der Waals surface area (Å²) < 4.78 is 57.9. The second kappa shape index (κ2) is 10.8. The first kappa shape index (κ1) is 28.3. The van der Waals surface area contributed by atoms with E-state index in [1.807, 2.05) is 0 Å². The number of aryl methyl sites for hydroxylation is 2. The van der Waals surface area contributed by atoms with Crippen molar-refractivity contribution in [1.29, 1.82) is 0 Å². The van der Waals surface area contributed by atoms with Crippen molar-refractivity contribution in [2.45, 2.75) is 63.1 Å². The molecule has 6 heterocycles. The van der Waals surface area contributed by atoms with E-state index in [9.17, 15) is 10.2 Å². The average molecular weight is 594 g/mol. The summed E-state index contributed by atoms with van der Waals surface area (Å²) in [6, 6.07) is 0. The minimum absolute atomic E-state index is 0.161. The molecule has 6 rings (SSSR count). The topological polar surface area (TPSA) is 165 Å². The van der Waals surface area contributed by atoms with Gasteiger partial charge in [0.25, 0.3) is 0 Å². The van der Waals surface area contributed by atoms with E-state index in [4.69, 9.17) is 18.5 Å². The van der Waals surface area contributed by atoms with Gasteiger partial charge < -0.3 is 19.7 Å². The van der Waals surface area contributed by atoms with Crippen LogP contribution in [0, 0.1) is 13.8 Å². The van der Waals surface area contributed by atoms with Crippen molar-refractivity contribution in [2.24, 2.45) is 0 Å². The Hall–Kier alpha value is -2.79. The van der Waals surface area contributed by atoms with E-state index in [1.165, 1.54) is 29.9 Å². The maximum Gasteiger partial charge on any atom is 0.191 e. The molecular formula is C23H30BF2N8O6P. The third kappa shape index (κ3) is 4.99. The lowest BCUT2D eigenvalue weighted by Gasteiger charge is -2.30. The zero-order valence-electron chi connectivity index (χ0n) is 21.7. The van der Waals surface area contributed by atoms with Crippen molar-refractivity contribution in [3.8, 4) is 0 Å². The number of rotatable bonds is 8. The number of fused-ring (bicyclic) bond motifs is 2. The van der Waals surface area contributed by atoms with Gasteiger partial charge in [-0.3, -0.25) is 13.7 Å². The number of hydrogen-bond donors (Lipinski definition) is 2. The van der Waals surface area contributed by atoms with Gasteiger partial charge in [-0.25, -0.2) is 43.2 Å². The van der Waals surface area contributed by atoms with E-state index < -0.39 is 71.0 Å². The smallest absolute Gasteiger partial charge is 0.191 e. The molecule has 0 aliphatic carbocycles. The highest BCUT2D eigenvalue weighted by Crippen LogP contribution is 2.57. The predicted octanol–water partition coefficient (Wildman–Crippen LogP) is 0.267. The van der Waals surface area contributed by atoms with Gasteiger partial charge in [0.15, 0.2) is 49.8 Å². The Morgan fingerprint density at radius 3 is 2.05 bits per heavy atom. The van der Waals surface area contributed by atoms with Crippen molar-refractivity contribution in [3.05, 3.63) is 36.7 Å². The van der Waals surface area contributed by atoms with E-state index in [1.54, 1.807) is 25.1 Å². The van der Waals surface area contributed by atoms with Gasteiger partial charge in [0.2, 0.25) is 0 Å². The maximum absolute atomic E-state index is 15.5. The summed E-state index contributed by atoms with van der Waals surface area (Å²) in [7, 11) is -3.25. The SMILES string of the molecule is [BH3-][P+](C)(OC[C@H]1O[C@@H](n2cnc3c(C)ncnc32)[C@@H](F)C1O)OC1C(n2cnc3c(C)ncnc32)OC(CO)[C@@H]1F. The molecule has 0 saturated carbocycles. The van der Waals surface area contributed by atoms with Gasteiger partial charge in [0.1, 0.15) is 48.6 Å². The first-order valence-corrected chi connectivity index (χ1v) is 14.1. The van der Waals surface area contributed by atoms with Crippen LogP contribution in [0.1, 0.15) is 23.8 Å². The molecule has 5 unspecified atom stereocenters. The summed E-state index contributed by atoms with van der Waals surface area (Å²) in [5.74, 6) is 0. The van der Waals surface area contributed by atoms with Crippen molar-refractivity contribution in [2.75, 3.05) is 19.9 Å². The van der Waals surface area contributed by atoms with Gasteiger partial charge in [-0.05, 0) is 13.8 Å². The van der Waals surface area contributed by atoms with E-state index in [2.05, 4.69) is 29.9 Å². The molecule has 2 aliphatic heterocycles. The normalized spacial score (nSPS) is 31.8. The highest BCUT2D eigenvalue weighted by Gasteiger charge is 2.52. The molecular weight excluding hydrogens is 564 g/mol. The number of aromatic nitrogens is 8. The molecule has 9 atom stereocenters. The molecule has 2 aliphatic rings. The van der Waals surface area contributed by atoms with Gasteiger partial charge in [0, 0.05) is 0 Å². The van der Waals surface area contributed by atoms with Gasteiger partial charge in [-0.2, -0.15) is 0 Å². The van der Waals surface area contributed by atoms with Crippen LogP contribution >= 0.6 is 7.59 Å². The molecule has 4 aromatic heterocycles. The number of imidazole rings is 2. The molecule has 41 heavy (non-hydrogen) atoms. The second-order valence-electron chi connectivity index (χ2n) is 9.56. The van der Waals surface area contributed by atoms with E-state index in [0.29, 0.717) is 33.7 Å². The molecule has 0 amide bonds. The highest BCUT2D eigenvalue weighted by atomic mass is 31.2. The molecule has 0 aromatic carbocycles. The molecule has 220 valence electrons. The van der Waals surface area contributed by atoms with Crippen LogP contribution in [0.5, 0.6) is 0 Å². The minimum Gasteiger partial charge on any atom is -0.394 e. The number of aliphatic hydroxyl groups is 2. The predicted molar refractivity (Wildman–Crippen MR) is 144 cm³/mol. The molecule has 0 spiro atoms. The Labute approximate surface area is 233 Å². The quantitative estimate of drug-likeness (QED) is 0.212. The Bertz CT molecular complexity index is 1560. The van der Waals surface area contributed by atoms with Crippen LogP contribution in [0.2, 0.25) is 0 Å². The third-order valence-electron chi connectivity index (χ3n) is 7.06. The molecule has 0 radical (unpaired) electrons. The molecule has 18 heteroatoms. The first-order chi connectivity index (χ1) is 19.6. The third-order valence-corrected chi connectivity index (χ3v) is 8.11. The van der Waals surface area contributed by atoms with Gasteiger partial charge in [0.05, 0.1) is 44.9 Å². The molecule has 2 saturated heterocycles. The molecule has 0 bridgehead atoms. The van der Waals surface area contributed by atoms with Crippen molar-refractivity contribution in [3.63, 3.8) is 0 Å². The van der Waals surface area contributed by atoms with Gasteiger partial charge in [-0.1, -0.05) is 0 Å². The van der Waals surface area contributed by atoms with Crippen molar-refractivity contribution < 1.29 is 37.5 Å². The first-order valence-electron chi connectivity index (χ1n) is 12.5. The zero-order chi connectivity index (χ0) is 29.1. The number of aliphatic hydroxyl groups excluding tert-OH is 2. The number of ether oxygens (including phenoxy) is 2. The maximum atomic E-state index is 15.5. The van der Waals surface area contributed by atoms with Crippen LogP contribution < -0.4 is 0 Å². The van der Waals surface area contributed by atoms with Crippen LogP contribution in [0.25, 0.3) is 22.3 Å². The largest absolute Gasteiger partial charge is 0.394 e. The summed E-state index contributed by atoms with van der Waals surface area (Å²) >= 11 is 0. The lowest BCUT2D eigenvalue weighted by molar-refractivity contribution is -0.0518. The van der Waals surface area contributed by atoms with Crippen LogP contribution in [-0.4, -0.2) is 113 Å². The Morgan fingerprint density at radius 2 is 1.46 bits per heavy atom. The minimum atomic E-state index is -2.57. The standard InChI is InChI=1S/C23H30BF2N8O6P/c1-10-16-20(29-6-27-10)33(8-31-16)22-15(26)18(36)13(39-22)5-37-41(3,24)40-19-14(25)12(4-35)38-23(19)34-9-32-17-11(2)28-7-30-21(17)34/h6-9,12-15,18-19,22-23,35-36H,4-5H2,1-3,24H3/t12?,13-,14+,15+,18?,19?,22-,23?,41?/m1/s1. The van der Waals surface area contributed by atoms with E-state index in [-0.39, 0.29) is 6.61 Å². The summed E-state index contributed by atoms with van der Waals surface area (Å²) in [5, 5.41) is 20.4. The molecule has 2 N–H and O–H groups in total. The number of alkyl halides is 2.